The van der Waals surface area contributed by atoms with Gasteiger partial charge in [0.2, 0.25) is 6.43 Å². The summed E-state index contributed by atoms with van der Waals surface area (Å²) in [6.45, 7) is 7.45. The number of hydrogen-bond acceptors (Lipinski definition) is 3. The van der Waals surface area contributed by atoms with Crippen LogP contribution in [0.15, 0.2) is 0 Å². The molecule has 3 nitrogen and oxygen atoms in total. The molecule has 1 saturated heterocycles. The van der Waals surface area contributed by atoms with Crippen molar-refractivity contribution in [1.29, 1.82) is 0 Å². The average Bonchev–Trinajstić information content (AvgIpc) is 2.20. The molecular weight excluding hydrogens is 238 g/mol. The molecule has 1 atom stereocenters. The molecule has 7 heteroatoms. The van der Waals surface area contributed by atoms with Crippen LogP contribution in [0, 0.1) is 0 Å². The Morgan fingerprint density at radius 3 is 1.81 bits per heavy atom. The zero-order valence-electron chi connectivity index (χ0n) is 10.00. The van der Waals surface area contributed by atoms with Crippen LogP contribution in [0.25, 0.3) is 0 Å². The second kappa shape index (κ2) is 5.17. The third-order valence-corrected chi connectivity index (χ3v) is 3.07. The Labute approximate surface area is 102 Å². The minimum Gasteiger partial charge on any atom is -0.402 e. The van der Waals surface area contributed by atoms with Crippen molar-refractivity contribution in [2.24, 2.45) is 5.73 Å². The van der Waals surface area contributed by atoms with E-state index in [-0.39, 0.29) is 12.4 Å². The number of alkyl halides is 2. The van der Waals surface area contributed by atoms with Gasteiger partial charge in [0.15, 0.2) is 0 Å². The Bertz CT molecular complexity index is 226. The highest BCUT2D eigenvalue weighted by Gasteiger charge is 2.53. The van der Waals surface area contributed by atoms with Gasteiger partial charge in [-0.25, -0.2) is 8.78 Å². The highest BCUT2D eigenvalue weighted by atomic mass is 35.5. The summed E-state index contributed by atoms with van der Waals surface area (Å²) in [6.07, 6.45) is -2.84. The lowest BCUT2D eigenvalue weighted by molar-refractivity contribution is 0.00578. The Balaban J connectivity index is 0.00000225. The molecule has 0 bridgehead atoms. The number of halogens is 3. The summed E-state index contributed by atoms with van der Waals surface area (Å²) in [4.78, 5) is 0. The average molecular weight is 258 g/mol. The first kappa shape index (κ1) is 16.1. The topological polar surface area (TPSA) is 44.5 Å². The van der Waals surface area contributed by atoms with Gasteiger partial charge >= 0.3 is 7.12 Å². The first-order chi connectivity index (χ1) is 6.66. The lowest BCUT2D eigenvalue weighted by Crippen LogP contribution is -2.42. The molecule has 16 heavy (non-hydrogen) atoms. The number of rotatable bonds is 3. The summed E-state index contributed by atoms with van der Waals surface area (Å²) in [6, 6.07) is 0. The standard InChI is InChI=1S/C9H18BF2NO2.ClH/c1-8(2)9(3,4)15-10(14-8)6(13)5-7(11)12;/h6-7H,5,13H2,1-4H3;1H. The van der Waals surface area contributed by atoms with Gasteiger partial charge in [-0.15, -0.1) is 12.4 Å². The molecule has 0 saturated carbocycles. The molecule has 0 amide bonds. The highest BCUT2D eigenvalue weighted by molar-refractivity contribution is 6.47. The van der Waals surface area contributed by atoms with Crippen molar-refractivity contribution in [3.63, 3.8) is 0 Å². The molecule has 1 aliphatic heterocycles. The molecule has 0 aromatic carbocycles. The largest absolute Gasteiger partial charge is 0.475 e. The molecule has 1 heterocycles. The monoisotopic (exact) mass is 257 g/mol. The summed E-state index contributed by atoms with van der Waals surface area (Å²) < 4.78 is 35.4. The van der Waals surface area contributed by atoms with Gasteiger partial charge in [-0.1, -0.05) is 0 Å². The fourth-order valence-corrected chi connectivity index (χ4v) is 1.38. The maximum Gasteiger partial charge on any atom is 0.475 e. The van der Waals surface area contributed by atoms with E-state index in [1.165, 1.54) is 0 Å². The van der Waals surface area contributed by atoms with Crippen LogP contribution in [0.3, 0.4) is 0 Å². The SMILES string of the molecule is CC1(C)OB(C(N)CC(F)F)OC1(C)C.Cl. The molecule has 0 spiro atoms. The lowest BCUT2D eigenvalue weighted by atomic mass is 9.77. The van der Waals surface area contributed by atoms with E-state index in [4.69, 9.17) is 15.0 Å². The molecule has 2 N–H and O–H groups in total. The van der Waals surface area contributed by atoms with Gasteiger partial charge in [0.1, 0.15) is 0 Å². The fraction of sp³-hybridized carbons (Fsp3) is 1.00. The van der Waals surface area contributed by atoms with E-state index in [9.17, 15) is 8.78 Å². The van der Waals surface area contributed by atoms with E-state index in [1.807, 2.05) is 27.7 Å². The summed E-state index contributed by atoms with van der Waals surface area (Å²) in [5, 5.41) is 0. The van der Waals surface area contributed by atoms with Crippen molar-refractivity contribution in [2.45, 2.75) is 57.7 Å². The molecule has 1 aliphatic rings. The summed E-state index contributed by atoms with van der Waals surface area (Å²) >= 11 is 0. The van der Waals surface area contributed by atoms with Gasteiger partial charge in [0.05, 0.1) is 11.2 Å². The van der Waals surface area contributed by atoms with E-state index < -0.39 is 37.1 Å². The quantitative estimate of drug-likeness (QED) is 0.787. The van der Waals surface area contributed by atoms with Crippen molar-refractivity contribution < 1.29 is 18.1 Å². The molecule has 1 fully saturated rings. The molecule has 96 valence electrons. The van der Waals surface area contributed by atoms with Crippen LogP contribution in [0.5, 0.6) is 0 Å². The molecule has 0 aromatic heterocycles. The smallest absolute Gasteiger partial charge is 0.402 e. The van der Waals surface area contributed by atoms with Crippen molar-refractivity contribution in [3.05, 3.63) is 0 Å². The van der Waals surface area contributed by atoms with Gasteiger partial charge in [0, 0.05) is 12.4 Å². The second-order valence-corrected chi connectivity index (χ2v) is 4.92. The number of hydrogen-bond donors (Lipinski definition) is 1. The van der Waals surface area contributed by atoms with Gasteiger partial charge < -0.3 is 15.0 Å². The van der Waals surface area contributed by atoms with Crippen molar-refractivity contribution in [1.82, 2.24) is 0 Å². The van der Waals surface area contributed by atoms with Crippen molar-refractivity contribution in [2.75, 3.05) is 0 Å². The Morgan fingerprint density at radius 2 is 1.50 bits per heavy atom. The van der Waals surface area contributed by atoms with E-state index >= 15 is 0 Å². The third-order valence-electron chi connectivity index (χ3n) is 3.07. The summed E-state index contributed by atoms with van der Waals surface area (Å²) in [5.41, 5.74) is 4.56. The van der Waals surface area contributed by atoms with Gasteiger partial charge in [-0.05, 0) is 27.7 Å². The van der Waals surface area contributed by atoms with Crippen molar-refractivity contribution in [3.8, 4) is 0 Å². The second-order valence-electron chi connectivity index (χ2n) is 4.92. The zero-order chi connectivity index (χ0) is 11.9. The van der Waals surface area contributed by atoms with Crippen LogP contribution >= 0.6 is 12.4 Å². The molecule has 0 radical (unpaired) electrons. The van der Waals surface area contributed by atoms with E-state index in [0.717, 1.165) is 0 Å². The van der Waals surface area contributed by atoms with Crippen LogP contribution in [-0.4, -0.2) is 30.7 Å². The van der Waals surface area contributed by atoms with Gasteiger partial charge in [-0.3, -0.25) is 0 Å². The minimum atomic E-state index is -2.43. The zero-order valence-corrected chi connectivity index (χ0v) is 10.8. The molecule has 1 rings (SSSR count). The Kier molecular flexibility index (Phi) is 5.20. The minimum absolute atomic E-state index is 0. The van der Waals surface area contributed by atoms with E-state index in [0.29, 0.717) is 0 Å². The summed E-state index contributed by atoms with van der Waals surface area (Å²) in [7, 11) is -0.746. The van der Waals surface area contributed by atoms with Crippen LogP contribution in [0.4, 0.5) is 8.78 Å². The Morgan fingerprint density at radius 1 is 1.12 bits per heavy atom. The molecule has 0 aliphatic carbocycles. The van der Waals surface area contributed by atoms with E-state index in [1.54, 1.807) is 0 Å². The van der Waals surface area contributed by atoms with E-state index in [2.05, 4.69) is 0 Å². The maximum atomic E-state index is 12.1. The first-order valence-electron chi connectivity index (χ1n) is 5.05. The first-order valence-corrected chi connectivity index (χ1v) is 5.05. The normalized spacial score (nSPS) is 24.4. The highest BCUT2D eigenvalue weighted by Crippen LogP contribution is 2.37. The maximum absolute atomic E-state index is 12.1. The fourth-order valence-electron chi connectivity index (χ4n) is 1.38. The van der Waals surface area contributed by atoms with Crippen LogP contribution < -0.4 is 5.73 Å². The van der Waals surface area contributed by atoms with Crippen molar-refractivity contribution >= 4 is 19.5 Å². The van der Waals surface area contributed by atoms with Crippen LogP contribution in [0.1, 0.15) is 34.1 Å². The predicted molar refractivity (Wildman–Crippen MR) is 61.9 cm³/mol. The molecular formula is C9H19BClF2NO2. The Hall–Kier alpha value is 0.0949. The summed E-state index contributed by atoms with van der Waals surface area (Å²) in [5.74, 6) is -0.786. The lowest BCUT2D eigenvalue weighted by Gasteiger charge is -2.32. The molecule has 1 unspecified atom stereocenters. The van der Waals surface area contributed by atoms with Gasteiger partial charge in [0.25, 0.3) is 0 Å². The van der Waals surface area contributed by atoms with Crippen LogP contribution in [0.2, 0.25) is 0 Å². The third kappa shape index (κ3) is 3.29. The van der Waals surface area contributed by atoms with Gasteiger partial charge in [-0.2, -0.15) is 0 Å². The number of nitrogens with two attached hydrogens (primary N) is 1. The predicted octanol–water partition coefficient (Wildman–Crippen LogP) is 2.02. The van der Waals surface area contributed by atoms with Crippen LogP contribution in [-0.2, 0) is 9.31 Å². The molecule has 0 aromatic rings.